The van der Waals surface area contributed by atoms with Gasteiger partial charge in [0.2, 0.25) is 0 Å². The molecule has 15 heavy (non-hydrogen) atoms. The predicted octanol–water partition coefficient (Wildman–Crippen LogP) is 1.98. The first-order chi connectivity index (χ1) is 7.08. The number of rotatable bonds is 2. The van der Waals surface area contributed by atoms with Gasteiger partial charge in [-0.15, -0.1) is 0 Å². The SMILES string of the molecule is Cc1nc(C(=O)O)c(-c2ccc(C)o2)[nH]1. The number of H-pyrrole nitrogens is 1. The summed E-state index contributed by atoms with van der Waals surface area (Å²) in [6.45, 7) is 3.50. The van der Waals surface area contributed by atoms with Gasteiger partial charge in [0.05, 0.1) is 0 Å². The number of carboxylic acids is 1. The molecule has 0 radical (unpaired) electrons. The number of aromatic carboxylic acids is 1. The quantitative estimate of drug-likeness (QED) is 0.787. The third kappa shape index (κ3) is 1.63. The van der Waals surface area contributed by atoms with Crippen molar-refractivity contribution in [3.05, 3.63) is 29.4 Å². The van der Waals surface area contributed by atoms with Crippen LogP contribution in [-0.2, 0) is 0 Å². The molecule has 0 aliphatic heterocycles. The van der Waals surface area contributed by atoms with Crippen LogP contribution in [0.4, 0.5) is 0 Å². The first-order valence-corrected chi connectivity index (χ1v) is 4.44. The Morgan fingerprint density at radius 2 is 2.20 bits per heavy atom. The van der Waals surface area contributed by atoms with Gasteiger partial charge in [0.25, 0.3) is 0 Å². The molecule has 2 N–H and O–H groups in total. The number of nitrogens with one attached hydrogen (secondary N) is 1. The van der Waals surface area contributed by atoms with Crippen LogP contribution in [0.15, 0.2) is 16.5 Å². The number of aromatic amines is 1. The van der Waals surface area contributed by atoms with Gasteiger partial charge in [-0.2, -0.15) is 0 Å². The summed E-state index contributed by atoms with van der Waals surface area (Å²) in [6, 6.07) is 3.49. The number of carbonyl (C=O) groups is 1. The van der Waals surface area contributed by atoms with Crippen LogP contribution in [0.2, 0.25) is 0 Å². The minimum absolute atomic E-state index is 0.0122. The molecule has 0 saturated carbocycles. The van der Waals surface area contributed by atoms with Gasteiger partial charge in [0.15, 0.2) is 11.5 Å². The van der Waals surface area contributed by atoms with E-state index in [4.69, 9.17) is 9.52 Å². The smallest absolute Gasteiger partial charge is 0.356 e. The Morgan fingerprint density at radius 1 is 1.47 bits per heavy atom. The molecule has 2 aromatic heterocycles. The molecule has 0 amide bonds. The van der Waals surface area contributed by atoms with Crippen molar-refractivity contribution in [2.45, 2.75) is 13.8 Å². The van der Waals surface area contributed by atoms with Crippen molar-refractivity contribution in [1.29, 1.82) is 0 Å². The Labute approximate surface area is 85.8 Å². The van der Waals surface area contributed by atoms with Crippen molar-refractivity contribution < 1.29 is 14.3 Å². The van der Waals surface area contributed by atoms with E-state index in [9.17, 15) is 4.79 Å². The standard InChI is InChI=1S/C10H10N2O3/c1-5-3-4-7(15-5)8-9(10(13)14)12-6(2)11-8/h3-4H,1-2H3,(H,11,12)(H,13,14). The molecule has 0 aliphatic rings. The van der Waals surface area contributed by atoms with Crippen molar-refractivity contribution in [3.63, 3.8) is 0 Å². The fourth-order valence-corrected chi connectivity index (χ4v) is 1.39. The normalized spacial score (nSPS) is 10.5. The highest BCUT2D eigenvalue weighted by atomic mass is 16.4. The molecule has 0 atom stereocenters. The zero-order valence-corrected chi connectivity index (χ0v) is 8.37. The molecular weight excluding hydrogens is 196 g/mol. The van der Waals surface area contributed by atoms with Crippen LogP contribution >= 0.6 is 0 Å². The molecule has 2 rings (SSSR count). The maximum Gasteiger partial charge on any atom is 0.356 e. The average molecular weight is 206 g/mol. The van der Waals surface area contributed by atoms with Gasteiger partial charge in [-0.05, 0) is 26.0 Å². The third-order valence-electron chi connectivity index (χ3n) is 2.01. The highest BCUT2D eigenvalue weighted by Crippen LogP contribution is 2.23. The van der Waals surface area contributed by atoms with Gasteiger partial charge >= 0.3 is 5.97 Å². The monoisotopic (exact) mass is 206 g/mol. The number of imidazole rings is 1. The Balaban J connectivity index is 2.56. The molecule has 2 heterocycles. The number of aryl methyl sites for hydroxylation is 2. The van der Waals surface area contributed by atoms with E-state index in [-0.39, 0.29) is 5.69 Å². The van der Waals surface area contributed by atoms with Crippen molar-refractivity contribution in [2.24, 2.45) is 0 Å². The maximum absolute atomic E-state index is 10.9. The number of hydrogen-bond donors (Lipinski definition) is 2. The Bertz CT molecular complexity index is 510. The second-order valence-corrected chi connectivity index (χ2v) is 3.26. The molecule has 0 bridgehead atoms. The number of aromatic nitrogens is 2. The topological polar surface area (TPSA) is 79.1 Å². The lowest BCUT2D eigenvalue weighted by Crippen LogP contribution is -1.98. The lowest BCUT2D eigenvalue weighted by molar-refractivity contribution is 0.0691. The molecule has 0 aliphatic carbocycles. The summed E-state index contributed by atoms with van der Waals surface area (Å²) in [5.41, 5.74) is 0.398. The van der Waals surface area contributed by atoms with Gasteiger partial charge in [0.1, 0.15) is 17.3 Å². The first kappa shape index (κ1) is 9.51. The maximum atomic E-state index is 10.9. The molecular formula is C10H10N2O3. The minimum Gasteiger partial charge on any atom is -0.476 e. The largest absolute Gasteiger partial charge is 0.476 e. The van der Waals surface area contributed by atoms with Crippen LogP contribution in [0.1, 0.15) is 22.1 Å². The van der Waals surface area contributed by atoms with Crippen LogP contribution in [0, 0.1) is 13.8 Å². The van der Waals surface area contributed by atoms with Gasteiger partial charge < -0.3 is 14.5 Å². The van der Waals surface area contributed by atoms with Crippen molar-refractivity contribution in [2.75, 3.05) is 0 Å². The van der Waals surface area contributed by atoms with E-state index in [0.29, 0.717) is 17.3 Å². The molecule has 0 aromatic carbocycles. The summed E-state index contributed by atoms with van der Waals surface area (Å²) >= 11 is 0. The fraction of sp³-hybridized carbons (Fsp3) is 0.200. The average Bonchev–Trinajstić information content (AvgIpc) is 2.71. The van der Waals surface area contributed by atoms with E-state index in [1.54, 1.807) is 26.0 Å². The molecule has 5 nitrogen and oxygen atoms in total. The van der Waals surface area contributed by atoms with Gasteiger partial charge in [0, 0.05) is 0 Å². The van der Waals surface area contributed by atoms with E-state index in [2.05, 4.69) is 9.97 Å². The van der Waals surface area contributed by atoms with Crippen molar-refractivity contribution in [3.8, 4) is 11.5 Å². The minimum atomic E-state index is -1.07. The van der Waals surface area contributed by atoms with Crippen molar-refractivity contribution >= 4 is 5.97 Å². The van der Waals surface area contributed by atoms with Crippen LogP contribution in [0.3, 0.4) is 0 Å². The second-order valence-electron chi connectivity index (χ2n) is 3.26. The van der Waals surface area contributed by atoms with E-state index < -0.39 is 5.97 Å². The fourth-order valence-electron chi connectivity index (χ4n) is 1.39. The first-order valence-electron chi connectivity index (χ1n) is 4.44. The molecule has 0 fully saturated rings. The van der Waals surface area contributed by atoms with E-state index in [1.165, 1.54) is 0 Å². The lowest BCUT2D eigenvalue weighted by atomic mass is 10.2. The zero-order valence-electron chi connectivity index (χ0n) is 8.37. The molecule has 78 valence electrons. The van der Waals surface area contributed by atoms with Gasteiger partial charge in [-0.1, -0.05) is 0 Å². The summed E-state index contributed by atoms with van der Waals surface area (Å²) in [7, 11) is 0. The number of furan rings is 1. The van der Waals surface area contributed by atoms with Crippen LogP contribution in [0.5, 0.6) is 0 Å². The summed E-state index contributed by atoms with van der Waals surface area (Å²) in [5, 5.41) is 8.92. The number of hydrogen-bond acceptors (Lipinski definition) is 3. The van der Waals surface area contributed by atoms with Crippen LogP contribution in [0.25, 0.3) is 11.5 Å². The van der Waals surface area contributed by atoms with E-state index in [1.807, 2.05) is 0 Å². The Morgan fingerprint density at radius 3 is 2.73 bits per heavy atom. The summed E-state index contributed by atoms with van der Waals surface area (Å²) in [5.74, 6) is 0.707. The summed E-state index contributed by atoms with van der Waals surface area (Å²) in [6.07, 6.45) is 0. The zero-order chi connectivity index (χ0) is 11.0. The molecule has 2 aromatic rings. The van der Waals surface area contributed by atoms with Crippen LogP contribution < -0.4 is 0 Å². The third-order valence-corrected chi connectivity index (χ3v) is 2.01. The highest BCUT2D eigenvalue weighted by Gasteiger charge is 2.18. The van der Waals surface area contributed by atoms with Crippen molar-refractivity contribution in [1.82, 2.24) is 9.97 Å². The van der Waals surface area contributed by atoms with Gasteiger partial charge in [-0.25, -0.2) is 9.78 Å². The molecule has 5 heteroatoms. The molecule has 0 saturated heterocycles. The van der Waals surface area contributed by atoms with Gasteiger partial charge in [-0.3, -0.25) is 0 Å². The Kier molecular flexibility index (Phi) is 2.07. The highest BCUT2D eigenvalue weighted by molar-refractivity contribution is 5.92. The predicted molar refractivity (Wildman–Crippen MR) is 52.7 cm³/mol. The molecule has 0 spiro atoms. The number of carboxylic acid groups (broad SMARTS) is 1. The Hall–Kier alpha value is -2.04. The summed E-state index contributed by atoms with van der Waals surface area (Å²) < 4.78 is 5.34. The number of nitrogens with zero attached hydrogens (tertiary/aromatic N) is 1. The van der Waals surface area contributed by atoms with Crippen LogP contribution in [-0.4, -0.2) is 21.0 Å². The molecule has 0 unspecified atom stereocenters. The summed E-state index contributed by atoms with van der Waals surface area (Å²) in [4.78, 5) is 17.6. The lowest BCUT2D eigenvalue weighted by Gasteiger charge is -1.93. The second kappa shape index (κ2) is 3.27. The van der Waals surface area contributed by atoms with E-state index in [0.717, 1.165) is 5.76 Å². The van der Waals surface area contributed by atoms with E-state index >= 15 is 0 Å².